The molecule has 1 aromatic heterocycles. The minimum Gasteiger partial charge on any atom is -0.371 e. The molecule has 0 unspecified atom stereocenters. The van der Waals surface area contributed by atoms with Gasteiger partial charge in [-0.3, -0.25) is 19.6 Å². The van der Waals surface area contributed by atoms with E-state index in [1.807, 2.05) is 37.3 Å². The SMILES string of the molecule is CCC[C@@H]([C@@H](CC1CCCCC1)C(=O)N[C@H](C(=O)Nc1nccs1)[C@@H](C)OCc1ccccc1)N(O)C=O. The molecule has 3 amide bonds. The number of carbonyl (C=O) groups is 3. The van der Waals surface area contributed by atoms with Crippen LogP contribution in [0.1, 0.15) is 70.8 Å². The van der Waals surface area contributed by atoms with E-state index in [1.165, 1.54) is 17.8 Å². The summed E-state index contributed by atoms with van der Waals surface area (Å²) in [5.41, 5.74) is 0.949. The highest BCUT2D eigenvalue weighted by molar-refractivity contribution is 7.13. The third-order valence-corrected chi connectivity index (χ3v) is 7.90. The molecule has 3 rings (SSSR count). The number of benzene rings is 1. The van der Waals surface area contributed by atoms with Crippen LogP contribution in [0.3, 0.4) is 0 Å². The van der Waals surface area contributed by atoms with Gasteiger partial charge in [-0.05, 0) is 31.2 Å². The van der Waals surface area contributed by atoms with Crippen molar-refractivity contribution < 1.29 is 24.3 Å². The molecule has 0 saturated heterocycles. The molecular weight excluding hydrogens is 504 g/mol. The van der Waals surface area contributed by atoms with Gasteiger partial charge < -0.3 is 15.4 Å². The van der Waals surface area contributed by atoms with E-state index in [0.717, 1.165) is 31.2 Å². The molecule has 3 N–H and O–H groups in total. The second-order valence-corrected chi connectivity index (χ2v) is 10.9. The average Bonchev–Trinajstić information content (AvgIpc) is 3.45. The second-order valence-electron chi connectivity index (χ2n) is 10.0. The molecule has 1 aromatic carbocycles. The Morgan fingerprint density at radius 1 is 1.21 bits per heavy atom. The molecule has 38 heavy (non-hydrogen) atoms. The topological polar surface area (TPSA) is 121 Å². The van der Waals surface area contributed by atoms with Crippen LogP contribution in [0.25, 0.3) is 0 Å². The Morgan fingerprint density at radius 3 is 2.58 bits per heavy atom. The van der Waals surface area contributed by atoms with E-state index in [2.05, 4.69) is 15.6 Å². The third kappa shape index (κ3) is 8.89. The Labute approximate surface area is 228 Å². The molecule has 10 heteroatoms. The minimum absolute atomic E-state index is 0.276. The Bertz CT molecular complexity index is 984. The first-order valence-electron chi connectivity index (χ1n) is 13.5. The molecule has 1 saturated carbocycles. The highest BCUT2D eigenvalue weighted by Gasteiger charge is 2.37. The van der Waals surface area contributed by atoms with Crippen molar-refractivity contribution in [1.29, 1.82) is 0 Å². The zero-order valence-electron chi connectivity index (χ0n) is 22.3. The van der Waals surface area contributed by atoms with Crippen LogP contribution in [0.15, 0.2) is 41.9 Å². The Hall–Kier alpha value is -2.82. The number of hydroxylamine groups is 2. The molecule has 2 aromatic rings. The number of carbonyl (C=O) groups excluding carboxylic acids is 3. The van der Waals surface area contributed by atoms with Crippen molar-refractivity contribution in [2.24, 2.45) is 11.8 Å². The number of aromatic nitrogens is 1. The Kier molecular flexibility index (Phi) is 12.2. The van der Waals surface area contributed by atoms with Gasteiger partial charge in [-0.2, -0.15) is 0 Å². The van der Waals surface area contributed by atoms with Crippen molar-refractivity contribution in [3.05, 3.63) is 47.5 Å². The summed E-state index contributed by atoms with van der Waals surface area (Å²) in [6.07, 6.45) is 8.42. The van der Waals surface area contributed by atoms with E-state index >= 15 is 0 Å². The maximum absolute atomic E-state index is 13.8. The summed E-state index contributed by atoms with van der Waals surface area (Å²) in [6, 6.07) is 7.92. The standard InChI is InChI=1S/C28H40N4O5S/c1-3-10-24(32(36)19-33)23(17-21-11-6-4-7-12-21)26(34)30-25(27(35)31-28-29-15-16-38-28)20(2)37-18-22-13-8-5-9-14-22/h5,8-9,13-16,19-21,23-25,36H,3-4,6-7,10-12,17-18H2,1-2H3,(H,30,34)(H,29,31,35)/t20-,23-,24+,25+/m1/s1. The van der Waals surface area contributed by atoms with Crippen LogP contribution in [-0.2, 0) is 25.7 Å². The molecule has 1 heterocycles. The van der Waals surface area contributed by atoms with Gasteiger partial charge in [0.15, 0.2) is 5.13 Å². The van der Waals surface area contributed by atoms with Crippen molar-refractivity contribution in [3.8, 4) is 0 Å². The number of nitrogens with one attached hydrogen (secondary N) is 2. The summed E-state index contributed by atoms with van der Waals surface area (Å²) in [5.74, 6) is -1.14. The number of anilines is 1. The number of hydrogen-bond acceptors (Lipinski definition) is 7. The minimum atomic E-state index is -1.00. The van der Waals surface area contributed by atoms with Gasteiger partial charge in [0, 0.05) is 11.6 Å². The zero-order valence-corrected chi connectivity index (χ0v) is 23.1. The number of hydrogen-bond donors (Lipinski definition) is 3. The molecule has 9 nitrogen and oxygen atoms in total. The summed E-state index contributed by atoms with van der Waals surface area (Å²) in [4.78, 5) is 42.8. The molecule has 1 aliphatic carbocycles. The summed E-state index contributed by atoms with van der Waals surface area (Å²) >= 11 is 1.28. The fraction of sp³-hybridized carbons (Fsp3) is 0.571. The van der Waals surface area contributed by atoms with E-state index in [0.29, 0.717) is 41.8 Å². The van der Waals surface area contributed by atoms with Crippen molar-refractivity contribution in [1.82, 2.24) is 15.4 Å². The molecule has 0 aliphatic heterocycles. The van der Waals surface area contributed by atoms with Gasteiger partial charge in [-0.25, -0.2) is 10.0 Å². The molecule has 1 fully saturated rings. The van der Waals surface area contributed by atoms with Crippen LogP contribution in [0.4, 0.5) is 5.13 Å². The smallest absolute Gasteiger partial charge is 0.251 e. The number of rotatable bonds is 15. The fourth-order valence-electron chi connectivity index (χ4n) is 5.14. The average molecular weight is 545 g/mol. The van der Waals surface area contributed by atoms with Crippen LogP contribution in [0.5, 0.6) is 0 Å². The van der Waals surface area contributed by atoms with E-state index in [-0.39, 0.29) is 12.5 Å². The van der Waals surface area contributed by atoms with E-state index in [4.69, 9.17) is 4.74 Å². The number of ether oxygens (including phenoxy) is 1. The highest BCUT2D eigenvalue weighted by Crippen LogP contribution is 2.32. The summed E-state index contributed by atoms with van der Waals surface area (Å²) < 4.78 is 6.03. The first kappa shape index (κ1) is 29.7. The molecule has 208 valence electrons. The Balaban J connectivity index is 1.81. The predicted molar refractivity (Wildman–Crippen MR) is 146 cm³/mol. The lowest BCUT2D eigenvalue weighted by Gasteiger charge is -2.35. The van der Waals surface area contributed by atoms with Gasteiger partial charge in [-0.1, -0.05) is 75.8 Å². The molecule has 0 spiro atoms. The first-order valence-corrected chi connectivity index (χ1v) is 14.4. The third-order valence-electron chi connectivity index (χ3n) is 7.21. The molecule has 0 bridgehead atoms. The fourth-order valence-corrected chi connectivity index (χ4v) is 5.67. The number of amides is 3. The van der Waals surface area contributed by atoms with Gasteiger partial charge >= 0.3 is 0 Å². The van der Waals surface area contributed by atoms with Crippen molar-refractivity contribution >= 4 is 34.7 Å². The monoisotopic (exact) mass is 544 g/mol. The highest BCUT2D eigenvalue weighted by atomic mass is 32.1. The van der Waals surface area contributed by atoms with E-state index in [9.17, 15) is 19.6 Å². The van der Waals surface area contributed by atoms with E-state index < -0.39 is 30.0 Å². The second kappa shape index (κ2) is 15.6. The summed E-state index contributed by atoms with van der Waals surface area (Å²) in [7, 11) is 0. The van der Waals surface area contributed by atoms with Gasteiger partial charge in [0.05, 0.1) is 24.7 Å². The van der Waals surface area contributed by atoms with Crippen molar-refractivity contribution in [2.75, 3.05) is 5.32 Å². The molecule has 0 radical (unpaired) electrons. The maximum Gasteiger partial charge on any atom is 0.251 e. The first-order chi connectivity index (χ1) is 18.4. The molecule has 4 atom stereocenters. The quantitative estimate of drug-likeness (QED) is 0.169. The lowest BCUT2D eigenvalue weighted by molar-refractivity contribution is -0.170. The zero-order chi connectivity index (χ0) is 27.3. The van der Waals surface area contributed by atoms with E-state index in [1.54, 1.807) is 18.5 Å². The van der Waals surface area contributed by atoms with Gasteiger partial charge in [0.2, 0.25) is 12.3 Å². The largest absolute Gasteiger partial charge is 0.371 e. The summed E-state index contributed by atoms with van der Waals surface area (Å²) in [6.45, 7) is 3.97. The van der Waals surface area contributed by atoms with Crippen LogP contribution in [0.2, 0.25) is 0 Å². The van der Waals surface area contributed by atoms with Gasteiger partial charge in [0.25, 0.3) is 5.91 Å². The van der Waals surface area contributed by atoms with Crippen LogP contribution >= 0.6 is 11.3 Å². The number of thiazole rings is 1. The molecular formula is C28H40N4O5S. The lowest BCUT2D eigenvalue weighted by atomic mass is 9.79. The summed E-state index contributed by atoms with van der Waals surface area (Å²) in [5, 5.41) is 18.9. The Morgan fingerprint density at radius 2 is 1.95 bits per heavy atom. The van der Waals surface area contributed by atoms with Gasteiger partial charge in [0.1, 0.15) is 6.04 Å². The normalized spacial score (nSPS) is 17.1. The van der Waals surface area contributed by atoms with Crippen LogP contribution < -0.4 is 10.6 Å². The number of nitrogens with zero attached hydrogens (tertiary/aromatic N) is 2. The van der Waals surface area contributed by atoms with Gasteiger partial charge in [-0.15, -0.1) is 11.3 Å². The molecule has 1 aliphatic rings. The van der Waals surface area contributed by atoms with Crippen molar-refractivity contribution in [2.45, 2.75) is 90.0 Å². The van der Waals surface area contributed by atoms with Crippen molar-refractivity contribution in [3.63, 3.8) is 0 Å². The van der Waals surface area contributed by atoms with Crippen LogP contribution in [0, 0.1) is 11.8 Å². The maximum atomic E-state index is 13.8. The van der Waals surface area contributed by atoms with Crippen LogP contribution in [-0.4, -0.2) is 51.7 Å². The lowest BCUT2D eigenvalue weighted by Crippen LogP contribution is -2.55. The predicted octanol–water partition coefficient (Wildman–Crippen LogP) is 4.77.